The number of hydrogen-bond acceptors (Lipinski definition) is 5. The summed E-state index contributed by atoms with van der Waals surface area (Å²) < 4.78 is 34.2. The van der Waals surface area contributed by atoms with Crippen molar-refractivity contribution in [2.45, 2.75) is 38.5 Å². The van der Waals surface area contributed by atoms with Gasteiger partial charge in [-0.3, -0.25) is 9.69 Å². The summed E-state index contributed by atoms with van der Waals surface area (Å²) in [7, 11) is -3.42. The first-order valence-corrected chi connectivity index (χ1v) is 11.8. The van der Waals surface area contributed by atoms with Gasteiger partial charge in [0.1, 0.15) is 0 Å². The van der Waals surface area contributed by atoms with Crippen LogP contribution in [0, 0.1) is 5.92 Å². The van der Waals surface area contributed by atoms with Crippen molar-refractivity contribution in [2.75, 3.05) is 65.6 Å². The minimum Gasteiger partial charge on any atom is -0.379 e. The second kappa shape index (κ2) is 10.2. The van der Waals surface area contributed by atoms with Crippen LogP contribution in [0.25, 0.3) is 0 Å². The summed E-state index contributed by atoms with van der Waals surface area (Å²) in [5, 5.41) is 3.01. The van der Waals surface area contributed by atoms with E-state index in [1.54, 1.807) is 4.31 Å². The molecule has 0 aromatic carbocycles. The van der Waals surface area contributed by atoms with Crippen molar-refractivity contribution >= 4 is 16.1 Å². The molecule has 3 heterocycles. The molecule has 3 aliphatic rings. The molecule has 3 fully saturated rings. The summed E-state index contributed by atoms with van der Waals surface area (Å²) in [5.41, 5.74) is 0. The summed E-state index contributed by atoms with van der Waals surface area (Å²) in [6.45, 7) is 7.16. The maximum Gasteiger partial charge on any atom is 0.281 e. The molecule has 1 amide bonds. The molecule has 0 bridgehead atoms. The van der Waals surface area contributed by atoms with Crippen LogP contribution in [0.3, 0.4) is 0 Å². The summed E-state index contributed by atoms with van der Waals surface area (Å²) in [6.07, 6.45) is 5.39. The van der Waals surface area contributed by atoms with E-state index in [4.69, 9.17) is 4.74 Å². The number of amides is 1. The fourth-order valence-corrected chi connectivity index (χ4v) is 5.88. The van der Waals surface area contributed by atoms with Gasteiger partial charge in [0.15, 0.2) is 0 Å². The molecular formula is C18H34N4O4S. The van der Waals surface area contributed by atoms with Crippen LogP contribution in [0.1, 0.15) is 38.5 Å². The summed E-state index contributed by atoms with van der Waals surface area (Å²) in [5.74, 6) is -0.239. The molecule has 0 unspecified atom stereocenters. The van der Waals surface area contributed by atoms with Crippen LogP contribution in [-0.4, -0.2) is 93.4 Å². The van der Waals surface area contributed by atoms with Crippen LogP contribution < -0.4 is 5.32 Å². The number of nitrogens with zero attached hydrogens (tertiary/aromatic N) is 3. The van der Waals surface area contributed by atoms with Crippen molar-refractivity contribution in [1.82, 2.24) is 18.8 Å². The van der Waals surface area contributed by atoms with E-state index in [0.29, 0.717) is 32.7 Å². The topological polar surface area (TPSA) is 82.2 Å². The Bertz CT molecular complexity index is 574. The molecular weight excluding hydrogens is 368 g/mol. The first-order valence-electron chi connectivity index (χ1n) is 10.4. The molecule has 0 aromatic heterocycles. The molecule has 1 atom stereocenters. The van der Waals surface area contributed by atoms with E-state index in [9.17, 15) is 13.2 Å². The molecule has 8 nitrogen and oxygen atoms in total. The zero-order valence-corrected chi connectivity index (χ0v) is 17.1. The fraction of sp³-hybridized carbons (Fsp3) is 0.944. The van der Waals surface area contributed by atoms with Crippen molar-refractivity contribution < 1.29 is 17.9 Å². The van der Waals surface area contributed by atoms with Crippen molar-refractivity contribution in [2.24, 2.45) is 5.92 Å². The first-order chi connectivity index (χ1) is 13.1. The smallest absolute Gasteiger partial charge is 0.281 e. The monoisotopic (exact) mass is 402 g/mol. The Morgan fingerprint density at radius 1 is 0.963 bits per heavy atom. The molecule has 0 spiro atoms. The average molecular weight is 403 g/mol. The van der Waals surface area contributed by atoms with Gasteiger partial charge in [-0.15, -0.1) is 0 Å². The molecule has 3 aliphatic heterocycles. The molecule has 156 valence electrons. The Kier molecular flexibility index (Phi) is 7.89. The van der Waals surface area contributed by atoms with Gasteiger partial charge < -0.3 is 10.1 Å². The fourth-order valence-electron chi connectivity index (χ4n) is 4.11. The Morgan fingerprint density at radius 2 is 1.67 bits per heavy atom. The number of rotatable bonds is 7. The lowest BCUT2D eigenvalue weighted by molar-refractivity contribution is -0.126. The summed E-state index contributed by atoms with van der Waals surface area (Å²) in [6, 6.07) is 0. The van der Waals surface area contributed by atoms with E-state index in [1.165, 1.54) is 4.31 Å². The van der Waals surface area contributed by atoms with Crippen molar-refractivity contribution in [3.8, 4) is 0 Å². The normalized spacial score (nSPS) is 26.7. The standard InChI is InChI=1S/C18H34N4O4S/c23-18(19-7-5-8-20-12-14-26-15-13-20)17-6-4-11-22(16-17)27(24,25)21-9-2-1-3-10-21/h17H,1-16H2,(H,19,23)/t17-/m0/s1. The van der Waals surface area contributed by atoms with E-state index in [0.717, 1.165) is 71.4 Å². The molecule has 9 heteroatoms. The second-order valence-electron chi connectivity index (χ2n) is 7.76. The second-order valence-corrected chi connectivity index (χ2v) is 9.69. The predicted molar refractivity (Wildman–Crippen MR) is 104 cm³/mol. The van der Waals surface area contributed by atoms with Crippen LogP contribution >= 0.6 is 0 Å². The van der Waals surface area contributed by atoms with E-state index in [-0.39, 0.29) is 11.8 Å². The van der Waals surface area contributed by atoms with Gasteiger partial charge in [0, 0.05) is 45.8 Å². The van der Waals surface area contributed by atoms with E-state index in [2.05, 4.69) is 10.2 Å². The Morgan fingerprint density at radius 3 is 2.41 bits per heavy atom. The highest BCUT2D eigenvalue weighted by Crippen LogP contribution is 2.23. The zero-order chi connectivity index (χ0) is 19.1. The van der Waals surface area contributed by atoms with Gasteiger partial charge in [-0.2, -0.15) is 17.0 Å². The molecule has 0 aliphatic carbocycles. The van der Waals surface area contributed by atoms with Gasteiger partial charge in [0.2, 0.25) is 5.91 Å². The number of carbonyl (C=O) groups excluding carboxylic acids is 1. The van der Waals surface area contributed by atoms with Crippen LogP contribution in [0.2, 0.25) is 0 Å². The third-order valence-electron chi connectivity index (χ3n) is 5.78. The van der Waals surface area contributed by atoms with E-state index < -0.39 is 10.2 Å². The van der Waals surface area contributed by atoms with Gasteiger partial charge in [0.25, 0.3) is 10.2 Å². The minimum atomic E-state index is -3.42. The molecule has 3 rings (SSSR count). The molecule has 0 radical (unpaired) electrons. The minimum absolute atomic E-state index is 0.00415. The zero-order valence-electron chi connectivity index (χ0n) is 16.3. The van der Waals surface area contributed by atoms with Crippen molar-refractivity contribution in [1.29, 1.82) is 0 Å². The van der Waals surface area contributed by atoms with E-state index >= 15 is 0 Å². The summed E-state index contributed by atoms with van der Waals surface area (Å²) >= 11 is 0. The lowest BCUT2D eigenvalue weighted by atomic mass is 9.99. The van der Waals surface area contributed by atoms with Crippen LogP contribution in [-0.2, 0) is 19.7 Å². The van der Waals surface area contributed by atoms with Gasteiger partial charge in [0.05, 0.1) is 19.1 Å². The number of ether oxygens (including phenoxy) is 1. The average Bonchev–Trinajstić information content (AvgIpc) is 2.72. The van der Waals surface area contributed by atoms with Crippen molar-refractivity contribution in [3.05, 3.63) is 0 Å². The van der Waals surface area contributed by atoms with Gasteiger partial charge in [-0.05, 0) is 38.6 Å². The van der Waals surface area contributed by atoms with Crippen LogP contribution in [0.4, 0.5) is 0 Å². The number of hydrogen-bond donors (Lipinski definition) is 1. The highest BCUT2D eigenvalue weighted by Gasteiger charge is 2.36. The highest BCUT2D eigenvalue weighted by atomic mass is 32.2. The molecule has 0 saturated carbocycles. The Labute approximate surface area is 163 Å². The lowest BCUT2D eigenvalue weighted by Gasteiger charge is -2.36. The maximum atomic E-state index is 12.8. The maximum absolute atomic E-state index is 12.8. The number of morpholine rings is 1. The van der Waals surface area contributed by atoms with Gasteiger partial charge in [-0.25, -0.2) is 0 Å². The molecule has 0 aromatic rings. The quantitative estimate of drug-likeness (QED) is 0.618. The molecule has 1 N–H and O–H groups in total. The Hall–Kier alpha value is -0.740. The lowest BCUT2D eigenvalue weighted by Crippen LogP contribution is -2.51. The van der Waals surface area contributed by atoms with Crippen LogP contribution in [0.15, 0.2) is 0 Å². The van der Waals surface area contributed by atoms with E-state index in [1.807, 2.05) is 0 Å². The third-order valence-corrected chi connectivity index (χ3v) is 7.78. The SMILES string of the molecule is O=C(NCCCN1CCOCC1)[C@H]1CCCN(S(=O)(=O)N2CCCCC2)C1. The third kappa shape index (κ3) is 5.87. The largest absolute Gasteiger partial charge is 0.379 e. The highest BCUT2D eigenvalue weighted by molar-refractivity contribution is 7.86. The number of nitrogens with one attached hydrogen (secondary N) is 1. The molecule has 27 heavy (non-hydrogen) atoms. The van der Waals surface area contributed by atoms with Crippen LogP contribution in [0.5, 0.6) is 0 Å². The summed E-state index contributed by atoms with van der Waals surface area (Å²) in [4.78, 5) is 14.9. The van der Waals surface area contributed by atoms with Gasteiger partial charge >= 0.3 is 0 Å². The number of carbonyl (C=O) groups is 1. The van der Waals surface area contributed by atoms with Gasteiger partial charge in [-0.1, -0.05) is 6.42 Å². The Balaban J connectivity index is 1.42. The van der Waals surface area contributed by atoms with Crippen molar-refractivity contribution in [3.63, 3.8) is 0 Å². The molecule has 3 saturated heterocycles. The predicted octanol–water partition coefficient (Wildman–Crippen LogP) is 0.268. The number of piperidine rings is 2. The first kappa shape index (κ1) is 21.0.